The number of benzene rings is 2. The average Bonchev–Trinajstić information content (AvgIpc) is 3.31. The number of rotatable bonds is 12. The van der Waals surface area contributed by atoms with Crippen molar-refractivity contribution in [1.29, 1.82) is 0 Å². The van der Waals surface area contributed by atoms with Crippen LogP contribution in [0.3, 0.4) is 0 Å². The van der Waals surface area contributed by atoms with Gasteiger partial charge in [-0.15, -0.1) is 5.10 Å². The fourth-order valence-electron chi connectivity index (χ4n) is 5.18. The summed E-state index contributed by atoms with van der Waals surface area (Å²) in [7, 11) is 0. The second kappa shape index (κ2) is 13.9. The Bertz CT molecular complexity index is 1340. The molecular weight excluding hydrogens is 508 g/mol. The summed E-state index contributed by atoms with van der Waals surface area (Å²) in [4.78, 5) is 52.0. The van der Waals surface area contributed by atoms with Crippen LogP contribution in [-0.2, 0) is 29.0 Å². The van der Waals surface area contributed by atoms with E-state index in [4.69, 9.17) is 4.42 Å². The third-order valence-electron chi connectivity index (χ3n) is 7.29. The van der Waals surface area contributed by atoms with Crippen LogP contribution in [0.4, 0.5) is 0 Å². The van der Waals surface area contributed by atoms with Gasteiger partial charge in [0.15, 0.2) is 5.78 Å². The number of nitrogens with zero attached hydrogens (tertiary/aromatic N) is 2. The molecule has 1 aliphatic carbocycles. The molecule has 9 nitrogen and oxygen atoms in total. The molecule has 1 aliphatic rings. The van der Waals surface area contributed by atoms with Crippen molar-refractivity contribution in [2.45, 2.75) is 77.4 Å². The van der Waals surface area contributed by atoms with Crippen LogP contribution in [0.2, 0.25) is 0 Å². The van der Waals surface area contributed by atoms with E-state index in [0.29, 0.717) is 37.7 Å². The van der Waals surface area contributed by atoms with E-state index in [1.807, 2.05) is 50.2 Å². The lowest BCUT2D eigenvalue weighted by Gasteiger charge is -2.32. The number of carbonyl (C=O) groups is 3. The lowest BCUT2D eigenvalue weighted by Crippen LogP contribution is -2.52. The maximum Gasteiger partial charge on any atom is 0.437 e. The summed E-state index contributed by atoms with van der Waals surface area (Å²) in [5.41, 5.74) is 1.64. The molecule has 0 radical (unpaired) electrons. The van der Waals surface area contributed by atoms with Gasteiger partial charge in [-0.3, -0.25) is 14.4 Å². The van der Waals surface area contributed by atoms with Gasteiger partial charge < -0.3 is 15.1 Å². The first-order valence-electron chi connectivity index (χ1n) is 14.1. The van der Waals surface area contributed by atoms with Crippen LogP contribution >= 0.6 is 0 Å². The first kappa shape index (κ1) is 29.0. The molecule has 3 aromatic rings. The van der Waals surface area contributed by atoms with Crippen LogP contribution < -0.4 is 16.4 Å². The van der Waals surface area contributed by atoms with Crippen molar-refractivity contribution >= 4 is 17.6 Å². The fraction of sp³-hybridized carbons (Fsp3) is 0.452. The van der Waals surface area contributed by atoms with Crippen molar-refractivity contribution in [3.63, 3.8) is 0 Å². The van der Waals surface area contributed by atoms with Crippen LogP contribution in [0.1, 0.15) is 69.2 Å². The molecule has 214 valence electrons. The highest BCUT2D eigenvalue weighted by atomic mass is 16.4. The van der Waals surface area contributed by atoms with Crippen LogP contribution in [0.5, 0.6) is 0 Å². The Morgan fingerprint density at radius 3 is 2.38 bits per heavy atom. The minimum absolute atomic E-state index is 0. The van der Waals surface area contributed by atoms with Crippen molar-refractivity contribution in [2.75, 3.05) is 0 Å². The summed E-state index contributed by atoms with van der Waals surface area (Å²) < 4.78 is 6.31. The zero-order valence-electron chi connectivity index (χ0n) is 23.2. The van der Waals surface area contributed by atoms with Gasteiger partial charge in [0, 0.05) is 19.5 Å². The summed E-state index contributed by atoms with van der Waals surface area (Å²) in [5, 5.41) is 10.2. The van der Waals surface area contributed by atoms with Gasteiger partial charge in [0.05, 0.1) is 12.0 Å². The summed E-state index contributed by atoms with van der Waals surface area (Å²) in [6.07, 6.45) is 4.62. The van der Waals surface area contributed by atoms with E-state index < -0.39 is 17.7 Å². The normalized spacial score (nSPS) is 17.8. The number of nitrogens with one attached hydrogen (secondary N) is 2. The Morgan fingerprint density at radius 1 is 1.00 bits per heavy atom. The van der Waals surface area contributed by atoms with Gasteiger partial charge in [0.25, 0.3) is 5.91 Å². The van der Waals surface area contributed by atoms with E-state index >= 15 is 0 Å². The molecule has 9 heteroatoms. The molecule has 1 heterocycles. The SMILES string of the molecule is CC(C)C[C@H](NC(=O)[C@H]1CCCC[C@H]1NC(=O)c1ccccc1)C(=O)Cn1nc(CCc2ccccc2)oc1=O.[HH]. The number of hydrogen-bond acceptors (Lipinski definition) is 6. The molecule has 0 aliphatic heterocycles. The summed E-state index contributed by atoms with van der Waals surface area (Å²) >= 11 is 0. The van der Waals surface area contributed by atoms with Gasteiger partial charge in [-0.05, 0) is 49.3 Å². The molecular formula is C31H40N4O5. The molecule has 0 spiro atoms. The first-order chi connectivity index (χ1) is 19.3. The molecule has 1 fully saturated rings. The quantitative estimate of drug-likeness (QED) is 0.353. The topological polar surface area (TPSA) is 123 Å². The van der Waals surface area contributed by atoms with E-state index in [-0.39, 0.29) is 43.4 Å². The van der Waals surface area contributed by atoms with E-state index in [2.05, 4.69) is 15.7 Å². The number of carbonyl (C=O) groups excluding carboxylic acids is 3. The van der Waals surface area contributed by atoms with Crippen molar-refractivity contribution in [3.05, 3.63) is 88.2 Å². The Labute approximate surface area is 235 Å². The van der Waals surface area contributed by atoms with Crippen molar-refractivity contribution in [2.24, 2.45) is 11.8 Å². The molecule has 40 heavy (non-hydrogen) atoms. The predicted molar refractivity (Wildman–Crippen MR) is 153 cm³/mol. The Hall–Kier alpha value is -4.01. The molecule has 3 atom stereocenters. The average molecular weight is 549 g/mol. The number of hydrogen-bond donors (Lipinski definition) is 2. The maximum absolute atomic E-state index is 13.4. The Kier molecular flexibility index (Phi) is 10.0. The highest BCUT2D eigenvalue weighted by Crippen LogP contribution is 2.25. The number of amides is 2. The van der Waals surface area contributed by atoms with Crippen LogP contribution in [0.25, 0.3) is 0 Å². The fourth-order valence-corrected chi connectivity index (χ4v) is 5.18. The monoisotopic (exact) mass is 548 g/mol. The maximum atomic E-state index is 13.4. The van der Waals surface area contributed by atoms with Gasteiger partial charge in [0.2, 0.25) is 11.8 Å². The second-order valence-corrected chi connectivity index (χ2v) is 10.9. The summed E-state index contributed by atoms with van der Waals surface area (Å²) in [6, 6.07) is 17.6. The number of Topliss-reactive ketones (excluding diaryl/α,β-unsaturated/α-hetero) is 1. The minimum Gasteiger partial charge on any atom is -0.392 e. The van der Waals surface area contributed by atoms with Crippen molar-refractivity contribution in [1.82, 2.24) is 20.4 Å². The third kappa shape index (κ3) is 8.00. The van der Waals surface area contributed by atoms with Gasteiger partial charge >= 0.3 is 5.76 Å². The Balaban J connectivity index is 0.00000462. The van der Waals surface area contributed by atoms with Gasteiger partial charge in [-0.1, -0.05) is 75.2 Å². The Morgan fingerprint density at radius 2 is 1.68 bits per heavy atom. The van der Waals surface area contributed by atoms with Crippen LogP contribution in [0, 0.1) is 11.8 Å². The second-order valence-electron chi connectivity index (χ2n) is 10.9. The predicted octanol–water partition coefficient (Wildman–Crippen LogP) is 3.96. The van der Waals surface area contributed by atoms with Crippen molar-refractivity contribution in [3.8, 4) is 0 Å². The zero-order chi connectivity index (χ0) is 28.5. The summed E-state index contributed by atoms with van der Waals surface area (Å²) in [5.74, 6) is -1.52. The molecule has 2 amide bonds. The lowest BCUT2D eigenvalue weighted by atomic mass is 9.83. The molecule has 2 N–H and O–H groups in total. The van der Waals surface area contributed by atoms with Crippen molar-refractivity contribution < 1.29 is 20.2 Å². The van der Waals surface area contributed by atoms with Gasteiger partial charge in [0.1, 0.15) is 6.54 Å². The smallest absolute Gasteiger partial charge is 0.392 e. The minimum atomic E-state index is -0.781. The van der Waals surface area contributed by atoms with Gasteiger partial charge in [-0.2, -0.15) is 4.68 Å². The van der Waals surface area contributed by atoms with E-state index in [9.17, 15) is 19.2 Å². The molecule has 0 unspecified atom stereocenters. The van der Waals surface area contributed by atoms with Crippen LogP contribution in [0.15, 0.2) is 69.9 Å². The molecule has 0 bridgehead atoms. The van der Waals surface area contributed by atoms with E-state index in [1.54, 1.807) is 24.3 Å². The molecule has 0 saturated heterocycles. The summed E-state index contributed by atoms with van der Waals surface area (Å²) in [6.45, 7) is 3.66. The number of ketones is 1. The molecule has 1 aromatic heterocycles. The van der Waals surface area contributed by atoms with E-state index in [1.165, 1.54) is 0 Å². The lowest BCUT2D eigenvalue weighted by molar-refractivity contribution is -0.132. The molecule has 4 rings (SSSR count). The molecule has 2 aromatic carbocycles. The highest BCUT2D eigenvalue weighted by molar-refractivity contribution is 5.95. The van der Waals surface area contributed by atoms with Gasteiger partial charge in [-0.25, -0.2) is 4.79 Å². The highest BCUT2D eigenvalue weighted by Gasteiger charge is 2.34. The number of aromatic nitrogens is 2. The van der Waals surface area contributed by atoms with E-state index in [0.717, 1.165) is 23.1 Å². The third-order valence-corrected chi connectivity index (χ3v) is 7.29. The largest absolute Gasteiger partial charge is 0.437 e. The zero-order valence-corrected chi connectivity index (χ0v) is 23.2. The van der Waals surface area contributed by atoms with Crippen LogP contribution in [-0.4, -0.2) is 39.5 Å². The first-order valence-corrected chi connectivity index (χ1v) is 14.1. The standard InChI is InChI=1S/C31H38N4O5.H2/c1-21(2)19-26(27(36)20-35-31(39)40-28(34-35)18-17-22-11-5-3-6-12-22)33-30(38)24-15-9-10-16-25(24)32-29(37)23-13-7-4-8-14-23;/h3-8,11-14,21,24-26H,9-10,15-20H2,1-2H3,(H,32,37)(H,33,38);1H/t24-,25+,26-;/m0./s1. The molecule has 1 saturated carbocycles. The number of aryl methyl sites for hydroxylation is 2.